The smallest absolute Gasteiger partial charge is 0.250 e. The average Bonchev–Trinajstić information content (AvgIpc) is 2.02. The third-order valence-corrected chi connectivity index (χ3v) is 2.09. The van der Waals surface area contributed by atoms with E-state index in [4.69, 9.17) is 5.11 Å². The lowest BCUT2D eigenvalue weighted by Gasteiger charge is -2.04. The number of rotatable bonds is 2. The van der Waals surface area contributed by atoms with Gasteiger partial charge in [-0.2, -0.15) is 0 Å². The number of anilines is 1. The lowest BCUT2D eigenvalue weighted by atomic mass is 10.2. The highest BCUT2D eigenvalue weighted by molar-refractivity contribution is 14.1. The highest BCUT2D eigenvalue weighted by atomic mass is 127. The second kappa shape index (κ2) is 4.57. The SMILES string of the molecule is Cc1cc(I)cc(NC(=O)CO)c1. The third-order valence-electron chi connectivity index (χ3n) is 1.47. The molecule has 0 saturated carbocycles. The predicted octanol–water partition coefficient (Wildman–Crippen LogP) is 1.53. The Kier molecular flexibility index (Phi) is 3.68. The van der Waals surface area contributed by atoms with E-state index in [0.717, 1.165) is 14.8 Å². The van der Waals surface area contributed by atoms with Crippen LogP contribution in [0.3, 0.4) is 0 Å². The number of nitrogens with one attached hydrogen (secondary N) is 1. The van der Waals surface area contributed by atoms with Crippen LogP contribution >= 0.6 is 22.6 Å². The van der Waals surface area contributed by atoms with E-state index in [1.807, 2.05) is 25.1 Å². The summed E-state index contributed by atoms with van der Waals surface area (Å²) in [4.78, 5) is 10.8. The van der Waals surface area contributed by atoms with E-state index in [2.05, 4.69) is 27.9 Å². The van der Waals surface area contributed by atoms with Gasteiger partial charge < -0.3 is 10.4 Å². The summed E-state index contributed by atoms with van der Waals surface area (Å²) in [6.07, 6.45) is 0. The molecule has 70 valence electrons. The number of hydrogen-bond donors (Lipinski definition) is 2. The van der Waals surface area contributed by atoms with E-state index >= 15 is 0 Å². The van der Waals surface area contributed by atoms with Crippen LogP contribution in [0.1, 0.15) is 5.56 Å². The van der Waals surface area contributed by atoms with Crippen molar-refractivity contribution < 1.29 is 9.90 Å². The molecule has 0 saturated heterocycles. The zero-order valence-electron chi connectivity index (χ0n) is 7.17. The quantitative estimate of drug-likeness (QED) is 0.812. The van der Waals surface area contributed by atoms with Crippen molar-refractivity contribution in [3.63, 3.8) is 0 Å². The van der Waals surface area contributed by atoms with Gasteiger partial charge in [0.1, 0.15) is 6.61 Å². The normalized spacial score (nSPS) is 9.77. The Labute approximate surface area is 90.3 Å². The summed E-state index contributed by atoms with van der Waals surface area (Å²) >= 11 is 2.18. The topological polar surface area (TPSA) is 49.3 Å². The van der Waals surface area contributed by atoms with E-state index in [-0.39, 0.29) is 5.91 Å². The van der Waals surface area contributed by atoms with Crippen LogP contribution in [0.15, 0.2) is 18.2 Å². The molecule has 2 N–H and O–H groups in total. The molecule has 1 aromatic carbocycles. The fraction of sp³-hybridized carbons (Fsp3) is 0.222. The molecule has 0 heterocycles. The van der Waals surface area contributed by atoms with Crippen molar-refractivity contribution in [1.82, 2.24) is 0 Å². The molecule has 0 fully saturated rings. The van der Waals surface area contributed by atoms with Gasteiger partial charge >= 0.3 is 0 Å². The van der Waals surface area contributed by atoms with Crippen molar-refractivity contribution in [1.29, 1.82) is 0 Å². The first-order valence-corrected chi connectivity index (χ1v) is 4.87. The van der Waals surface area contributed by atoms with Crippen molar-refractivity contribution in [2.24, 2.45) is 0 Å². The maximum Gasteiger partial charge on any atom is 0.250 e. The van der Waals surface area contributed by atoms with Crippen LogP contribution in [0.25, 0.3) is 0 Å². The van der Waals surface area contributed by atoms with Crippen molar-refractivity contribution >= 4 is 34.2 Å². The molecule has 0 aliphatic heterocycles. The van der Waals surface area contributed by atoms with E-state index in [9.17, 15) is 4.79 Å². The van der Waals surface area contributed by atoms with E-state index in [1.54, 1.807) is 0 Å². The number of hydrogen-bond acceptors (Lipinski definition) is 2. The fourth-order valence-electron chi connectivity index (χ4n) is 1.01. The molecule has 0 unspecified atom stereocenters. The molecule has 1 amide bonds. The van der Waals surface area contributed by atoms with Crippen LogP contribution in [0.5, 0.6) is 0 Å². The van der Waals surface area contributed by atoms with E-state index in [0.29, 0.717) is 0 Å². The molecular formula is C9H10INO2. The minimum atomic E-state index is -0.482. The molecular weight excluding hydrogens is 281 g/mol. The number of carbonyl (C=O) groups is 1. The van der Waals surface area contributed by atoms with Crippen molar-refractivity contribution in [3.8, 4) is 0 Å². The number of benzene rings is 1. The molecule has 4 heteroatoms. The minimum absolute atomic E-state index is 0.388. The van der Waals surface area contributed by atoms with Gasteiger partial charge in [0.15, 0.2) is 0 Å². The van der Waals surface area contributed by atoms with Gasteiger partial charge in [-0.15, -0.1) is 0 Å². The van der Waals surface area contributed by atoms with Crippen LogP contribution in [-0.4, -0.2) is 17.6 Å². The molecule has 0 spiro atoms. The molecule has 0 aliphatic carbocycles. The number of aliphatic hydroxyl groups excluding tert-OH is 1. The molecule has 1 aromatic rings. The number of carbonyl (C=O) groups excluding carboxylic acids is 1. The fourth-order valence-corrected chi connectivity index (χ4v) is 1.84. The summed E-state index contributed by atoms with van der Waals surface area (Å²) in [5.74, 6) is -0.388. The van der Waals surface area contributed by atoms with Crippen LogP contribution in [0.4, 0.5) is 5.69 Å². The van der Waals surface area contributed by atoms with Crippen molar-refractivity contribution in [2.75, 3.05) is 11.9 Å². The Morgan fingerprint density at radius 3 is 2.77 bits per heavy atom. The van der Waals surface area contributed by atoms with Crippen LogP contribution in [0, 0.1) is 10.5 Å². The molecule has 3 nitrogen and oxygen atoms in total. The van der Waals surface area contributed by atoms with Gasteiger partial charge in [-0.05, 0) is 53.3 Å². The summed E-state index contributed by atoms with van der Waals surface area (Å²) in [5.41, 5.74) is 1.81. The molecule has 0 radical (unpaired) electrons. The standard InChI is InChI=1S/C9H10INO2/c1-6-2-7(10)4-8(3-6)11-9(13)5-12/h2-4,12H,5H2,1H3,(H,11,13). The van der Waals surface area contributed by atoms with Gasteiger partial charge in [0, 0.05) is 9.26 Å². The summed E-state index contributed by atoms with van der Waals surface area (Å²) in [6.45, 7) is 1.47. The first kappa shape index (κ1) is 10.5. The molecule has 0 aromatic heterocycles. The molecule has 0 aliphatic rings. The zero-order chi connectivity index (χ0) is 9.84. The van der Waals surface area contributed by atoms with Gasteiger partial charge in [0.2, 0.25) is 5.91 Å². The van der Waals surface area contributed by atoms with Gasteiger partial charge in [-0.1, -0.05) is 0 Å². The number of halogens is 1. The molecule has 0 bridgehead atoms. The number of aliphatic hydroxyl groups is 1. The molecule has 0 atom stereocenters. The number of amides is 1. The first-order chi connectivity index (χ1) is 6.11. The monoisotopic (exact) mass is 291 g/mol. The summed E-state index contributed by atoms with van der Waals surface area (Å²) < 4.78 is 1.06. The van der Waals surface area contributed by atoms with Gasteiger partial charge in [-0.3, -0.25) is 4.79 Å². The second-order valence-electron chi connectivity index (χ2n) is 2.72. The highest BCUT2D eigenvalue weighted by Gasteiger charge is 2.00. The second-order valence-corrected chi connectivity index (χ2v) is 3.97. The maximum atomic E-state index is 10.8. The lowest BCUT2D eigenvalue weighted by Crippen LogP contribution is -2.15. The Morgan fingerprint density at radius 2 is 2.23 bits per heavy atom. The lowest BCUT2D eigenvalue weighted by molar-refractivity contribution is -0.118. The predicted molar refractivity (Wildman–Crippen MR) is 59.6 cm³/mol. The summed E-state index contributed by atoms with van der Waals surface area (Å²) in [6, 6.07) is 5.71. The third kappa shape index (κ3) is 3.31. The average molecular weight is 291 g/mol. The van der Waals surface area contributed by atoms with E-state index < -0.39 is 6.61 Å². The molecule has 1 rings (SSSR count). The van der Waals surface area contributed by atoms with Crippen LogP contribution in [-0.2, 0) is 4.79 Å². The van der Waals surface area contributed by atoms with Gasteiger partial charge in [0.25, 0.3) is 0 Å². The maximum absolute atomic E-state index is 10.8. The Hall–Kier alpha value is -0.620. The minimum Gasteiger partial charge on any atom is -0.387 e. The van der Waals surface area contributed by atoms with Crippen molar-refractivity contribution in [3.05, 3.63) is 27.3 Å². The first-order valence-electron chi connectivity index (χ1n) is 3.79. The van der Waals surface area contributed by atoms with Crippen LogP contribution < -0.4 is 5.32 Å². The zero-order valence-corrected chi connectivity index (χ0v) is 9.33. The van der Waals surface area contributed by atoms with E-state index in [1.165, 1.54) is 0 Å². The Morgan fingerprint density at radius 1 is 1.54 bits per heavy atom. The summed E-state index contributed by atoms with van der Waals surface area (Å²) in [5, 5.41) is 11.1. The van der Waals surface area contributed by atoms with Crippen molar-refractivity contribution in [2.45, 2.75) is 6.92 Å². The van der Waals surface area contributed by atoms with Crippen LogP contribution in [0.2, 0.25) is 0 Å². The Bertz CT molecular complexity index is 305. The number of aryl methyl sites for hydroxylation is 1. The summed E-state index contributed by atoms with van der Waals surface area (Å²) in [7, 11) is 0. The largest absolute Gasteiger partial charge is 0.387 e. The Balaban J connectivity index is 2.83. The van der Waals surface area contributed by atoms with Gasteiger partial charge in [-0.25, -0.2) is 0 Å². The molecule has 13 heavy (non-hydrogen) atoms. The van der Waals surface area contributed by atoms with Gasteiger partial charge in [0.05, 0.1) is 0 Å². The highest BCUT2D eigenvalue weighted by Crippen LogP contribution is 2.15.